The van der Waals surface area contributed by atoms with Crippen LogP contribution in [0.2, 0.25) is 0 Å². The molecule has 1 fully saturated rings. The fourth-order valence-corrected chi connectivity index (χ4v) is 2.31. The van der Waals surface area contributed by atoms with Crippen molar-refractivity contribution in [3.05, 3.63) is 0 Å². The van der Waals surface area contributed by atoms with E-state index in [2.05, 4.69) is 12.2 Å². The lowest BCUT2D eigenvalue weighted by Gasteiger charge is -2.24. The van der Waals surface area contributed by atoms with Gasteiger partial charge in [-0.2, -0.15) is 0 Å². The third-order valence-electron chi connectivity index (χ3n) is 3.36. The van der Waals surface area contributed by atoms with Crippen LogP contribution in [0.15, 0.2) is 0 Å². The van der Waals surface area contributed by atoms with E-state index in [1.807, 2.05) is 13.8 Å². The first-order chi connectivity index (χ1) is 7.52. The van der Waals surface area contributed by atoms with Gasteiger partial charge in [0.2, 0.25) is 0 Å². The fourth-order valence-electron chi connectivity index (χ4n) is 2.31. The summed E-state index contributed by atoms with van der Waals surface area (Å²) in [5, 5.41) is 13.0. The molecule has 0 aromatic carbocycles. The zero-order valence-electron chi connectivity index (χ0n) is 11.0. The Hall–Kier alpha value is -0.120. The van der Waals surface area contributed by atoms with Crippen LogP contribution in [0.1, 0.15) is 46.5 Å². The predicted molar refractivity (Wildman–Crippen MR) is 66.5 cm³/mol. The van der Waals surface area contributed by atoms with E-state index in [1.54, 1.807) is 0 Å². The highest BCUT2D eigenvalue weighted by Crippen LogP contribution is 2.36. The lowest BCUT2D eigenvalue weighted by Crippen LogP contribution is -2.37. The summed E-state index contributed by atoms with van der Waals surface area (Å²) in [6.45, 7) is 8.40. The van der Waals surface area contributed by atoms with Crippen molar-refractivity contribution in [3.8, 4) is 0 Å². The molecule has 1 saturated carbocycles. The SMILES string of the molecule is CC(C)OCC(O)CNCC1(C)CCCC1. The molecule has 0 aliphatic heterocycles. The first-order valence-electron chi connectivity index (χ1n) is 6.52. The number of nitrogens with one attached hydrogen (secondary N) is 1. The van der Waals surface area contributed by atoms with Crippen LogP contribution < -0.4 is 5.32 Å². The molecule has 1 aliphatic rings. The Morgan fingerprint density at radius 3 is 2.50 bits per heavy atom. The smallest absolute Gasteiger partial charge is 0.0897 e. The van der Waals surface area contributed by atoms with Crippen LogP contribution in [0.5, 0.6) is 0 Å². The third kappa shape index (κ3) is 5.28. The Labute approximate surface area is 99.6 Å². The van der Waals surface area contributed by atoms with Crippen LogP contribution >= 0.6 is 0 Å². The van der Waals surface area contributed by atoms with Gasteiger partial charge < -0.3 is 15.2 Å². The average molecular weight is 229 g/mol. The van der Waals surface area contributed by atoms with E-state index >= 15 is 0 Å². The van der Waals surface area contributed by atoms with Crippen LogP contribution in [0.3, 0.4) is 0 Å². The van der Waals surface area contributed by atoms with Gasteiger partial charge in [-0.1, -0.05) is 19.8 Å². The molecular weight excluding hydrogens is 202 g/mol. The minimum absolute atomic E-state index is 0.196. The zero-order valence-corrected chi connectivity index (χ0v) is 11.0. The summed E-state index contributed by atoms with van der Waals surface area (Å²) >= 11 is 0. The minimum atomic E-state index is -0.382. The Morgan fingerprint density at radius 1 is 1.31 bits per heavy atom. The molecular formula is C13H27NO2. The molecule has 1 atom stereocenters. The molecule has 0 radical (unpaired) electrons. The van der Waals surface area contributed by atoms with Gasteiger partial charge >= 0.3 is 0 Å². The third-order valence-corrected chi connectivity index (χ3v) is 3.36. The van der Waals surface area contributed by atoms with Crippen molar-refractivity contribution < 1.29 is 9.84 Å². The normalized spacial score (nSPS) is 21.6. The quantitative estimate of drug-likeness (QED) is 0.701. The van der Waals surface area contributed by atoms with Crippen molar-refractivity contribution in [3.63, 3.8) is 0 Å². The van der Waals surface area contributed by atoms with Gasteiger partial charge in [-0.25, -0.2) is 0 Å². The van der Waals surface area contributed by atoms with Gasteiger partial charge in [0.15, 0.2) is 0 Å². The van der Waals surface area contributed by atoms with E-state index in [-0.39, 0.29) is 12.2 Å². The Balaban J connectivity index is 2.05. The first kappa shape index (κ1) is 13.9. The highest BCUT2D eigenvalue weighted by Gasteiger charge is 2.28. The van der Waals surface area contributed by atoms with Crippen LogP contribution in [0.4, 0.5) is 0 Å². The molecule has 0 bridgehead atoms. The molecule has 0 amide bonds. The van der Waals surface area contributed by atoms with Gasteiger partial charge in [0.1, 0.15) is 0 Å². The number of hydrogen-bond acceptors (Lipinski definition) is 3. The average Bonchev–Trinajstić information content (AvgIpc) is 2.62. The molecule has 0 aromatic heterocycles. The maximum absolute atomic E-state index is 9.67. The lowest BCUT2D eigenvalue weighted by molar-refractivity contribution is 0.00562. The van der Waals surface area contributed by atoms with E-state index in [4.69, 9.17) is 4.74 Å². The molecule has 2 N–H and O–H groups in total. The first-order valence-corrected chi connectivity index (χ1v) is 6.52. The molecule has 3 heteroatoms. The Morgan fingerprint density at radius 2 is 1.94 bits per heavy atom. The topological polar surface area (TPSA) is 41.5 Å². The summed E-state index contributed by atoms with van der Waals surface area (Å²) in [4.78, 5) is 0. The second-order valence-electron chi connectivity index (χ2n) is 5.68. The molecule has 0 aromatic rings. The molecule has 96 valence electrons. The summed E-state index contributed by atoms with van der Waals surface area (Å²) in [5.41, 5.74) is 0.457. The molecule has 1 unspecified atom stereocenters. The van der Waals surface area contributed by atoms with E-state index in [0.717, 1.165) is 6.54 Å². The van der Waals surface area contributed by atoms with Gasteiger partial charge in [0.05, 0.1) is 18.8 Å². The number of ether oxygens (including phenoxy) is 1. The van der Waals surface area contributed by atoms with Crippen molar-refractivity contribution in [1.82, 2.24) is 5.32 Å². The van der Waals surface area contributed by atoms with Crippen LogP contribution in [0, 0.1) is 5.41 Å². The number of hydrogen-bond donors (Lipinski definition) is 2. The highest BCUT2D eigenvalue weighted by molar-refractivity contribution is 4.82. The van der Waals surface area contributed by atoms with Crippen molar-refractivity contribution in [1.29, 1.82) is 0 Å². The lowest BCUT2D eigenvalue weighted by atomic mass is 9.89. The number of aliphatic hydroxyl groups is 1. The predicted octanol–water partition coefficient (Wildman–Crippen LogP) is 1.94. The van der Waals surface area contributed by atoms with Crippen LogP contribution in [0.25, 0.3) is 0 Å². The Kier molecular flexibility index (Phi) is 5.73. The number of rotatable bonds is 7. The van der Waals surface area contributed by atoms with E-state index in [9.17, 15) is 5.11 Å². The molecule has 0 saturated heterocycles. The summed E-state index contributed by atoms with van der Waals surface area (Å²) in [5.74, 6) is 0. The molecule has 0 spiro atoms. The van der Waals surface area contributed by atoms with Gasteiger partial charge in [-0.15, -0.1) is 0 Å². The van der Waals surface area contributed by atoms with E-state index < -0.39 is 0 Å². The highest BCUT2D eigenvalue weighted by atomic mass is 16.5. The van der Waals surface area contributed by atoms with E-state index in [0.29, 0.717) is 18.6 Å². The van der Waals surface area contributed by atoms with Crippen molar-refractivity contribution in [2.75, 3.05) is 19.7 Å². The molecule has 3 nitrogen and oxygen atoms in total. The molecule has 0 heterocycles. The van der Waals surface area contributed by atoms with Gasteiger partial charge in [0, 0.05) is 13.1 Å². The monoisotopic (exact) mass is 229 g/mol. The largest absolute Gasteiger partial charge is 0.389 e. The zero-order chi connectivity index (χ0) is 12.0. The Bertz CT molecular complexity index is 188. The van der Waals surface area contributed by atoms with E-state index in [1.165, 1.54) is 25.7 Å². The summed E-state index contributed by atoms with van der Waals surface area (Å²) in [6.07, 6.45) is 5.17. The van der Waals surface area contributed by atoms with Crippen molar-refractivity contribution >= 4 is 0 Å². The summed E-state index contributed by atoms with van der Waals surface area (Å²) in [7, 11) is 0. The second kappa shape index (κ2) is 6.58. The fraction of sp³-hybridized carbons (Fsp3) is 1.00. The van der Waals surface area contributed by atoms with Crippen LogP contribution in [-0.4, -0.2) is 37.0 Å². The summed E-state index contributed by atoms with van der Waals surface area (Å²) in [6, 6.07) is 0. The van der Waals surface area contributed by atoms with Crippen molar-refractivity contribution in [2.24, 2.45) is 5.41 Å². The van der Waals surface area contributed by atoms with Crippen LogP contribution in [-0.2, 0) is 4.74 Å². The molecule has 1 aliphatic carbocycles. The molecule has 1 rings (SSSR count). The standard InChI is InChI=1S/C13H27NO2/c1-11(2)16-9-12(15)8-14-10-13(3)6-4-5-7-13/h11-12,14-15H,4-10H2,1-3H3. The van der Waals surface area contributed by atoms with Gasteiger partial charge in [-0.3, -0.25) is 0 Å². The minimum Gasteiger partial charge on any atom is -0.389 e. The number of aliphatic hydroxyl groups excluding tert-OH is 1. The second-order valence-corrected chi connectivity index (χ2v) is 5.68. The summed E-state index contributed by atoms with van der Waals surface area (Å²) < 4.78 is 5.36. The maximum Gasteiger partial charge on any atom is 0.0897 e. The van der Waals surface area contributed by atoms with Gasteiger partial charge in [0.25, 0.3) is 0 Å². The van der Waals surface area contributed by atoms with Gasteiger partial charge in [-0.05, 0) is 32.1 Å². The maximum atomic E-state index is 9.67. The van der Waals surface area contributed by atoms with Crippen molar-refractivity contribution in [2.45, 2.75) is 58.7 Å². The molecule has 16 heavy (non-hydrogen) atoms.